The summed E-state index contributed by atoms with van der Waals surface area (Å²) in [5, 5.41) is 0. The first-order valence-electron chi connectivity index (χ1n) is 4.99. The van der Waals surface area contributed by atoms with Gasteiger partial charge in [-0.3, -0.25) is 0 Å². The van der Waals surface area contributed by atoms with E-state index in [9.17, 15) is 0 Å². The molecule has 0 N–H and O–H groups in total. The van der Waals surface area contributed by atoms with Crippen molar-refractivity contribution in [1.82, 2.24) is 0 Å². The van der Waals surface area contributed by atoms with Gasteiger partial charge in [0.15, 0.2) is 0 Å². The summed E-state index contributed by atoms with van der Waals surface area (Å²) in [6.07, 6.45) is 0. The van der Waals surface area contributed by atoms with Crippen LogP contribution in [0.3, 0.4) is 0 Å². The van der Waals surface area contributed by atoms with Crippen LogP contribution in [-0.4, -0.2) is 4.23 Å². The van der Waals surface area contributed by atoms with Gasteiger partial charge in [-0.1, -0.05) is 13.8 Å². The second-order valence-corrected chi connectivity index (χ2v) is 3.19. The predicted molar refractivity (Wildman–Crippen MR) is 68.0 cm³/mol. The third kappa shape index (κ3) is 7.13. The van der Waals surface area contributed by atoms with Crippen LogP contribution in [0.25, 0.3) is 0 Å². The Balaban J connectivity index is 0. The van der Waals surface area contributed by atoms with Gasteiger partial charge in [-0.2, -0.15) is 0 Å². The van der Waals surface area contributed by atoms with Crippen molar-refractivity contribution in [3.63, 3.8) is 0 Å². The smallest absolute Gasteiger partial charge is 0.0683 e. The maximum absolute atomic E-state index is 3.88. The van der Waals surface area contributed by atoms with Crippen LogP contribution in [0.5, 0.6) is 0 Å². The van der Waals surface area contributed by atoms with Crippen molar-refractivity contribution < 1.29 is 17.0 Å². The molecule has 15 heavy (non-hydrogen) atoms. The summed E-state index contributed by atoms with van der Waals surface area (Å²) < 4.78 is 1.21. The molecule has 0 radical (unpaired) electrons. The fourth-order valence-electron chi connectivity index (χ4n) is 0.842. The molecule has 0 aliphatic rings. The molecule has 0 heterocycles. The van der Waals surface area contributed by atoms with Crippen LogP contribution in [0.2, 0.25) is 0 Å². The van der Waals surface area contributed by atoms with E-state index in [-0.39, 0.29) is 0 Å². The molecule has 0 bridgehead atoms. The van der Waals surface area contributed by atoms with Crippen LogP contribution in [0.1, 0.15) is 26.3 Å². The molecule has 1 aromatic carbocycles. The fraction of sp³-hybridized carbons (Fsp3) is 0.214. The molecule has 0 aliphatic carbocycles. The van der Waals surface area contributed by atoms with Crippen molar-refractivity contribution >= 4 is 4.23 Å². The molecule has 1 heteroatoms. The van der Waals surface area contributed by atoms with Crippen molar-refractivity contribution in [2.75, 3.05) is 0 Å². The normalized spacial score (nSPS) is 7.33. The quantitative estimate of drug-likeness (QED) is 0.680. The van der Waals surface area contributed by atoms with E-state index in [2.05, 4.69) is 48.8 Å². The van der Waals surface area contributed by atoms with Crippen molar-refractivity contribution in [2.24, 2.45) is 0 Å². The third-order valence-electron chi connectivity index (χ3n) is 1.45. The van der Waals surface area contributed by atoms with E-state index in [1.54, 1.807) is 0 Å². The van der Waals surface area contributed by atoms with Crippen LogP contribution in [0.4, 0.5) is 0 Å². The Morgan fingerprint density at radius 1 is 1.07 bits per heavy atom. The molecule has 0 amide bonds. The molecule has 0 unspecified atom stereocenters. The summed E-state index contributed by atoms with van der Waals surface area (Å²) in [5.41, 5.74) is 2.34. The Morgan fingerprint density at radius 2 is 1.47 bits per heavy atom. The maximum Gasteiger partial charge on any atom is -0.0683 e. The van der Waals surface area contributed by atoms with Crippen molar-refractivity contribution in [3.8, 4) is 0 Å². The van der Waals surface area contributed by atoms with E-state index >= 15 is 0 Å². The first-order chi connectivity index (χ1) is 7.22. The maximum atomic E-state index is 3.88. The first-order valence-corrected chi connectivity index (χ1v) is 5.69. The van der Waals surface area contributed by atoms with Crippen LogP contribution in [0, 0.1) is 0 Å². The Kier molecular flexibility index (Phi) is 12.4. The van der Waals surface area contributed by atoms with Crippen molar-refractivity contribution in [3.05, 3.63) is 61.2 Å². The zero-order chi connectivity index (χ0) is 12.3. The van der Waals surface area contributed by atoms with Gasteiger partial charge in [0.1, 0.15) is 0 Å². The van der Waals surface area contributed by atoms with E-state index in [4.69, 9.17) is 0 Å². The monoisotopic (exact) mass is 239 g/mol. The molecule has 0 atom stereocenters. The molecule has 1 rings (SSSR count). The molecule has 0 aromatic heterocycles. The van der Waals surface area contributed by atoms with Gasteiger partial charge in [0.25, 0.3) is 0 Å². The molecule has 0 saturated heterocycles. The largest absolute Gasteiger partial charge is 0.0683 e. The van der Waals surface area contributed by atoms with Gasteiger partial charge in [0.05, 0.1) is 0 Å². The second kappa shape index (κ2) is 11.2. The van der Waals surface area contributed by atoms with Gasteiger partial charge in [0.2, 0.25) is 0 Å². The summed E-state index contributed by atoms with van der Waals surface area (Å²) in [6, 6.07) is 10.3. The second-order valence-electron chi connectivity index (χ2n) is 2.49. The zero-order valence-electron chi connectivity index (χ0n) is 9.96. The summed E-state index contributed by atoms with van der Waals surface area (Å²) in [7, 11) is 0. The molecule has 81 valence electrons. The summed E-state index contributed by atoms with van der Waals surface area (Å²) in [4.78, 5) is 0. The Hall–Kier alpha value is -0.846. The topological polar surface area (TPSA) is 0 Å². The summed E-state index contributed by atoms with van der Waals surface area (Å²) in [5.74, 6) is 0. The molecule has 0 saturated carbocycles. The Bertz CT molecular complexity index is 285. The third-order valence-corrected chi connectivity index (χ3v) is 2.45. The minimum atomic E-state index is 1.11. The van der Waals surface area contributed by atoms with E-state index < -0.39 is 0 Å². The van der Waals surface area contributed by atoms with Crippen molar-refractivity contribution in [1.29, 1.82) is 0 Å². The van der Waals surface area contributed by atoms with Crippen LogP contribution in [-0.2, 0) is 17.0 Å². The Labute approximate surface area is 103 Å². The SMILES string of the molecule is C=C.C=C(C)[C](=[V])c1ccccc1.CC. The van der Waals surface area contributed by atoms with E-state index in [0.717, 1.165) is 5.57 Å². The van der Waals surface area contributed by atoms with Crippen LogP contribution in [0.15, 0.2) is 55.6 Å². The van der Waals surface area contributed by atoms with Gasteiger partial charge < -0.3 is 0 Å². The van der Waals surface area contributed by atoms with E-state index in [1.807, 2.05) is 39.0 Å². The molecule has 1 aromatic rings. The molecule has 0 nitrogen and oxygen atoms in total. The average Bonchev–Trinajstić information content (AvgIpc) is 2.34. The molecular weight excluding hydrogens is 219 g/mol. The molecular formula is C14H20V. The van der Waals surface area contributed by atoms with E-state index in [1.165, 1.54) is 9.79 Å². The van der Waals surface area contributed by atoms with Gasteiger partial charge >= 0.3 is 76.2 Å². The number of benzene rings is 1. The van der Waals surface area contributed by atoms with E-state index in [0.29, 0.717) is 0 Å². The zero-order valence-corrected chi connectivity index (χ0v) is 11.4. The first kappa shape index (κ1) is 16.6. The van der Waals surface area contributed by atoms with Crippen molar-refractivity contribution in [2.45, 2.75) is 20.8 Å². The van der Waals surface area contributed by atoms with Crippen LogP contribution >= 0.6 is 0 Å². The summed E-state index contributed by atoms with van der Waals surface area (Å²) >= 11 is 2.55. The number of hydrogen-bond donors (Lipinski definition) is 0. The van der Waals surface area contributed by atoms with Gasteiger partial charge in [-0.25, -0.2) is 0 Å². The minimum Gasteiger partial charge on any atom is -0.0683 e. The fourth-order valence-corrected chi connectivity index (χ4v) is 1.08. The van der Waals surface area contributed by atoms with Gasteiger partial charge in [-0.05, 0) is 0 Å². The number of hydrogen-bond acceptors (Lipinski definition) is 0. The number of allylic oxidation sites excluding steroid dienone is 1. The van der Waals surface area contributed by atoms with Gasteiger partial charge in [-0.15, -0.1) is 13.2 Å². The number of rotatable bonds is 2. The van der Waals surface area contributed by atoms with Crippen LogP contribution < -0.4 is 0 Å². The standard InChI is InChI=1S/C10H10.C2H6.C2H4.V/c1-9(2)8-10-6-4-3-5-7-10;2*1-2;/h3-7H,1H2,2H3;1-2H3;1-2H2;. The molecule has 0 fully saturated rings. The Morgan fingerprint density at radius 3 is 1.80 bits per heavy atom. The molecule has 0 aliphatic heterocycles. The minimum absolute atomic E-state index is 1.11. The average molecular weight is 239 g/mol. The molecule has 0 spiro atoms. The predicted octanol–water partition coefficient (Wildman–Crippen LogP) is 4.16. The summed E-state index contributed by atoms with van der Waals surface area (Å²) in [6.45, 7) is 15.9. The van der Waals surface area contributed by atoms with Gasteiger partial charge in [0, 0.05) is 0 Å².